The molecule has 2 saturated heterocycles. The Balaban J connectivity index is 1.75. The minimum absolute atomic E-state index is 0.113. The van der Waals surface area contributed by atoms with Gasteiger partial charge < -0.3 is 21.3 Å². The molecule has 2 fully saturated rings. The Morgan fingerprint density at radius 2 is 1.12 bits per heavy atom. The Morgan fingerprint density at radius 3 is 1.38 bits per heavy atom. The topological polar surface area (TPSA) is 127 Å². The molecule has 3 rings (SSSR count). The van der Waals surface area contributed by atoms with Crippen molar-refractivity contribution in [1.29, 1.82) is 0 Å². The molecule has 2 atom stereocenters. The van der Waals surface area contributed by atoms with Crippen molar-refractivity contribution >= 4 is 35.0 Å². The Labute approximate surface area is 138 Å². The standard InChI is InChI=1S/C16H18N4O4/c17-15(23)9-5-13(21)19(7-9)11-1-2-12(4-3-11)20-8-10(16(18)24)6-14(20)22/h1-4,9-10H,5-8H2,(H2,17,23)(H2,18,24)/t9-,10-/m1/s1. The van der Waals surface area contributed by atoms with Gasteiger partial charge in [0.05, 0.1) is 11.8 Å². The first-order valence-electron chi connectivity index (χ1n) is 7.66. The second-order valence-electron chi connectivity index (χ2n) is 6.13. The van der Waals surface area contributed by atoms with Crippen LogP contribution in [-0.4, -0.2) is 36.7 Å². The van der Waals surface area contributed by atoms with Gasteiger partial charge in [0.15, 0.2) is 0 Å². The van der Waals surface area contributed by atoms with E-state index < -0.39 is 23.7 Å². The Kier molecular flexibility index (Phi) is 3.96. The summed E-state index contributed by atoms with van der Waals surface area (Å²) in [7, 11) is 0. The third-order valence-electron chi connectivity index (χ3n) is 4.53. The third-order valence-corrected chi connectivity index (χ3v) is 4.53. The van der Waals surface area contributed by atoms with Crippen LogP contribution in [0.1, 0.15) is 12.8 Å². The molecular weight excluding hydrogens is 312 g/mol. The fourth-order valence-corrected chi connectivity index (χ4v) is 3.11. The quantitative estimate of drug-likeness (QED) is 0.761. The summed E-state index contributed by atoms with van der Waals surface area (Å²) in [5.41, 5.74) is 11.8. The Morgan fingerprint density at radius 1 is 0.792 bits per heavy atom. The van der Waals surface area contributed by atoms with Gasteiger partial charge in [0.1, 0.15) is 0 Å². The van der Waals surface area contributed by atoms with E-state index in [4.69, 9.17) is 11.5 Å². The molecular formula is C16H18N4O4. The summed E-state index contributed by atoms with van der Waals surface area (Å²) >= 11 is 0. The first-order chi connectivity index (χ1) is 11.4. The molecule has 0 spiro atoms. The third kappa shape index (κ3) is 2.82. The number of nitrogens with zero attached hydrogens (tertiary/aromatic N) is 2. The van der Waals surface area contributed by atoms with Gasteiger partial charge in [-0.25, -0.2) is 0 Å². The van der Waals surface area contributed by atoms with E-state index in [0.29, 0.717) is 11.4 Å². The van der Waals surface area contributed by atoms with Crippen LogP contribution in [0.3, 0.4) is 0 Å². The van der Waals surface area contributed by atoms with Crippen LogP contribution in [-0.2, 0) is 19.2 Å². The molecule has 8 nitrogen and oxygen atoms in total. The van der Waals surface area contributed by atoms with Gasteiger partial charge in [-0.3, -0.25) is 19.2 Å². The maximum Gasteiger partial charge on any atom is 0.227 e. The molecule has 0 unspecified atom stereocenters. The molecule has 1 aromatic rings. The zero-order valence-corrected chi connectivity index (χ0v) is 13.0. The van der Waals surface area contributed by atoms with Crippen molar-refractivity contribution in [3.05, 3.63) is 24.3 Å². The van der Waals surface area contributed by atoms with E-state index in [9.17, 15) is 19.2 Å². The molecule has 1 aromatic carbocycles. The van der Waals surface area contributed by atoms with Crippen LogP contribution in [0.15, 0.2) is 24.3 Å². The van der Waals surface area contributed by atoms with Crippen LogP contribution in [0.2, 0.25) is 0 Å². The summed E-state index contributed by atoms with van der Waals surface area (Å²) in [6.45, 7) is 0.528. The summed E-state index contributed by atoms with van der Waals surface area (Å²) in [6.07, 6.45) is 0.226. The van der Waals surface area contributed by atoms with Crippen molar-refractivity contribution in [2.24, 2.45) is 23.3 Å². The van der Waals surface area contributed by atoms with E-state index in [1.807, 2.05) is 0 Å². The zero-order valence-electron chi connectivity index (χ0n) is 13.0. The number of rotatable bonds is 4. The van der Waals surface area contributed by atoms with Crippen LogP contribution in [0, 0.1) is 11.8 Å². The summed E-state index contributed by atoms with van der Waals surface area (Å²) < 4.78 is 0. The zero-order chi connectivity index (χ0) is 17.4. The molecule has 126 valence electrons. The van der Waals surface area contributed by atoms with Gasteiger partial charge in [0.2, 0.25) is 23.6 Å². The highest BCUT2D eigenvalue weighted by molar-refractivity contribution is 6.02. The molecule has 4 amide bonds. The number of carbonyl (C=O) groups is 4. The number of nitrogens with two attached hydrogens (primary N) is 2. The van der Waals surface area contributed by atoms with E-state index in [0.717, 1.165) is 0 Å². The maximum atomic E-state index is 12.0. The SMILES string of the molecule is NC(=O)[C@@H]1CC(=O)N(c2ccc(N3C[C@H](C(N)=O)CC3=O)cc2)C1. The monoisotopic (exact) mass is 330 g/mol. The van der Waals surface area contributed by atoms with Gasteiger partial charge in [-0.15, -0.1) is 0 Å². The molecule has 24 heavy (non-hydrogen) atoms. The van der Waals surface area contributed by atoms with Gasteiger partial charge in [-0.05, 0) is 24.3 Å². The van der Waals surface area contributed by atoms with Gasteiger partial charge >= 0.3 is 0 Å². The molecule has 0 saturated carbocycles. The lowest BCUT2D eigenvalue weighted by molar-refractivity contribution is -0.123. The van der Waals surface area contributed by atoms with Crippen molar-refractivity contribution in [2.75, 3.05) is 22.9 Å². The lowest BCUT2D eigenvalue weighted by Gasteiger charge is -2.20. The molecule has 0 radical (unpaired) electrons. The number of amides is 4. The van der Waals surface area contributed by atoms with Crippen LogP contribution in [0.5, 0.6) is 0 Å². The first kappa shape index (κ1) is 16.0. The number of hydrogen-bond acceptors (Lipinski definition) is 4. The summed E-state index contributed by atoms with van der Waals surface area (Å²) in [6, 6.07) is 6.84. The van der Waals surface area contributed by atoms with E-state index in [1.54, 1.807) is 24.3 Å². The lowest BCUT2D eigenvalue weighted by atomic mass is 10.1. The Bertz CT molecular complexity index is 654. The number of anilines is 2. The second-order valence-corrected chi connectivity index (χ2v) is 6.13. The molecule has 2 aliphatic rings. The minimum atomic E-state index is -0.484. The normalized spacial score (nSPS) is 23.8. The van der Waals surface area contributed by atoms with Crippen LogP contribution in [0.25, 0.3) is 0 Å². The molecule has 0 aliphatic carbocycles. The maximum absolute atomic E-state index is 12.0. The average molecular weight is 330 g/mol. The summed E-state index contributed by atoms with van der Waals surface area (Å²) in [4.78, 5) is 49.5. The number of benzene rings is 1. The molecule has 2 aliphatic heterocycles. The predicted molar refractivity (Wildman–Crippen MR) is 85.8 cm³/mol. The van der Waals surface area contributed by atoms with Crippen LogP contribution in [0.4, 0.5) is 11.4 Å². The summed E-state index contributed by atoms with van der Waals surface area (Å²) in [5.74, 6) is -2.23. The predicted octanol–water partition coefficient (Wildman–Crippen LogP) is -0.637. The highest BCUT2D eigenvalue weighted by Gasteiger charge is 2.35. The molecule has 0 aromatic heterocycles. The number of primary amides is 2. The largest absolute Gasteiger partial charge is 0.369 e. The van der Waals surface area contributed by atoms with E-state index in [1.165, 1.54) is 9.80 Å². The van der Waals surface area contributed by atoms with Crippen molar-refractivity contribution in [3.8, 4) is 0 Å². The fourth-order valence-electron chi connectivity index (χ4n) is 3.11. The van der Waals surface area contributed by atoms with Gasteiger partial charge in [-0.2, -0.15) is 0 Å². The second kappa shape index (κ2) is 5.95. The van der Waals surface area contributed by atoms with E-state index in [2.05, 4.69) is 0 Å². The highest BCUT2D eigenvalue weighted by atomic mass is 16.2. The highest BCUT2D eigenvalue weighted by Crippen LogP contribution is 2.29. The first-order valence-corrected chi connectivity index (χ1v) is 7.66. The van der Waals surface area contributed by atoms with Crippen molar-refractivity contribution in [1.82, 2.24) is 0 Å². The Hall–Kier alpha value is -2.90. The van der Waals surface area contributed by atoms with Crippen LogP contribution >= 0.6 is 0 Å². The molecule has 8 heteroatoms. The number of carbonyl (C=O) groups excluding carboxylic acids is 4. The van der Waals surface area contributed by atoms with Crippen LogP contribution < -0.4 is 21.3 Å². The van der Waals surface area contributed by atoms with Gasteiger partial charge in [-0.1, -0.05) is 0 Å². The van der Waals surface area contributed by atoms with Crippen molar-refractivity contribution in [2.45, 2.75) is 12.8 Å². The molecule has 0 bridgehead atoms. The van der Waals surface area contributed by atoms with Gasteiger partial charge in [0, 0.05) is 37.3 Å². The van der Waals surface area contributed by atoms with E-state index in [-0.39, 0.29) is 37.7 Å². The van der Waals surface area contributed by atoms with Crippen molar-refractivity contribution in [3.63, 3.8) is 0 Å². The average Bonchev–Trinajstić information content (AvgIpc) is 3.11. The van der Waals surface area contributed by atoms with Gasteiger partial charge in [0.25, 0.3) is 0 Å². The minimum Gasteiger partial charge on any atom is -0.369 e. The lowest BCUT2D eigenvalue weighted by Crippen LogP contribution is -2.29. The molecule has 4 N–H and O–H groups in total. The molecule has 2 heterocycles. The number of hydrogen-bond donors (Lipinski definition) is 2. The van der Waals surface area contributed by atoms with E-state index >= 15 is 0 Å². The van der Waals surface area contributed by atoms with Crippen molar-refractivity contribution < 1.29 is 19.2 Å². The summed E-state index contributed by atoms with van der Waals surface area (Å²) in [5, 5.41) is 0. The smallest absolute Gasteiger partial charge is 0.227 e. The fraction of sp³-hybridized carbons (Fsp3) is 0.375.